The summed E-state index contributed by atoms with van der Waals surface area (Å²) in [5.74, 6) is 0. The molecule has 0 saturated carbocycles. The van der Waals surface area contributed by atoms with Crippen molar-refractivity contribution in [1.82, 2.24) is 0 Å². The van der Waals surface area contributed by atoms with E-state index in [0.717, 1.165) is 0 Å². The number of benzene rings is 1. The molecule has 1 aromatic rings. The van der Waals surface area contributed by atoms with Gasteiger partial charge < -0.3 is 5.73 Å². The predicted octanol–water partition coefficient (Wildman–Crippen LogP) is 4.67. The molecule has 6 nitrogen and oxygen atoms in total. The van der Waals surface area contributed by atoms with E-state index in [0.29, 0.717) is 11.4 Å². The molecule has 0 bridgehead atoms. The summed E-state index contributed by atoms with van der Waals surface area (Å²) in [7, 11) is -3.72. The summed E-state index contributed by atoms with van der Waals surface area (Å²) in [4.78, 5) is 12.5. The highest BCUT2D eigenvalue weighted by Gasteiger charge is 2.28. The third-order valence-corrected chi connectivity index (χ3v) is 4.69. The lowest BCUT2D eigenvalue weighted by Gasteiger charge is -2.06. The van der Waals surface area contributed by atoms with Crippen molar-refractivity contribution in [2.75, 3.05) is 6.61 Å². The van der Waals surface area contributed by atoms with Crippen LogP contribution in [0.15, 0.2) is 44.2 Å². The van der Waals surface area contributed by atoms with Crippen LogP contribution in [-0.4, -0.2) is 34.0 Å². The van der Waals surface area contributed by atoms with Gasteiger partial charge in [0.05, 0.1) is 16.5 Å². The van der Waals surface area contributed by atoms with Gasteiger partial charge in [0.1, 0.15) is 0 Å². The Morgan fingerprint density at radius 3 is 2.21 bits per heavy atom. The van der Waals surface area contributed by atoms with Crippen molar-refractivity contribution in [3.63, 3.8) is 0 Å². The SMILES string of the molecule is C/C=N\C(=C(/C)Cl)S(=O)(=O)c1cccc(Cl)c1.CCCOC(F)(F)F.NC=O. The number of nitrogens with zero attached hydrogens (tertiary/aromatic N) is 1. The van der Waals surface area contributed by atoms with Crippen LogP contribution >= 0.6 is 23.2 Å². The maximum atomic E-state index is 12.2. The van der Waals surface area contributed by atoms with Gasteiger partial charge in [-0.25, -0.2) is 13.4 Å². The number of amides is 1. The number of rotatable bonds is 5. The minimum Gasteiger partial charge on any atom is -0.372 e. The highest BCUT2D eigenvalue weighted by molar-refractivity contribution is 7.95. The number of nitrogens with two attached hydrogens (primary N) is 1. The number of carbonyl (C=O) groups excluding carboxylic acids is 1. The van der Waals surface area contributed by atoms with E-state index in [1.165, 1.54) is 25.3 Å². The van der Waals surface area contributed by atoms with E-state index in [2.05, 4.69) is 15.5 Å². The van der Waals surface area contributed by atoms with Gasteiger partial charge >= 0.3 is 6.36 Å². The van der Waals surface area contributed by atoms with Crippen LogP contribution in [0.25, 0.3) is 0 Å². The van der Waals surface area contributed by atoms with Crippen LogP contribution in [0.1, 0.15) is 27.2 Å². The van der Waals surface area contributed by atoms with Crippen LogP contribution in [0, 0.1) is 0 Å². The van der Waals surface area contributed by atoms with E-state index < -0.39 is 16.2 Å². The van der Waals surface area contributed by atoms with Crippen molar-refractivity contribution in [3.05, 3.63) is 39.3 Å². The van der Waals surface area contributed by atoms with Gasteiger partial charge in [-0.2, -0.15) is 0 Å². The van der Waals surface area contributed by atoms with Gasteiger partial charge in [0.2, 0.25) is 16.2 Å². The Morgan fingerprint density at radius 2 is 1.89 bits per heavy atom. The molecular weight excluding hydrogens is 444 g/mol. The number of sulfone groups is 1. The molecule has 1 rings (SSSR count). The molecular formula is C16H21Cl2F3N2O4S. The maximum Gasteiger partial charge on any atom is 0.522 e. The molecule has 12 heteroatoms. The molecule has 0 unspecified atom stereocenters. The Labute approximate surface area is 172 Å². The first-order valence-corrected chi connectivity index (χ1v) is 9.83. The predicted molar refractivity (Wildman–Crippen MR) is 104 cm³/mol. The quantitative estimate of drug-likeness (QED) is 0.505. The van der Waals surface area contributed by atoms with E-state index in [9.17, 15) is 21.6 Å². The van der Waals surface area contributed by atoms with Crippen molar-refractivity contribution in [2.24, 2.45) is 10.7 Å². The van der Waals surface area contributed by atoms with E-state index >= 15 is 0 Å². The molecule has 0 heterocycles. The number of carbonyl (C=O) groups is 1. The van der Waals surface area contributed by atoms with Gasteiger partial charge in [0, 0.05) is 11.2 Å². The standard InChI is InChI=1S/C11H11Cl2NO2S.C4H7F3O.CH3NO/c1-3-14-11(8(2)12)17(15,16)10-6-4-5-9(13)7-10;1-2-3-8-4(5,6)7;2-1-3/h3-7H,1-2H3;2-3H2,1H3;1H,(H2,2,3)/b11-8-,14-3-;;. The van der Waals surface area contributed by atoms with Crippen molar-refractivity contribution in [3.8, 4) is 0 Å². The second kappa shape index (κ2) is 14.4. The van der Waals surface area contributed by atoms with Crippen molar-refractivity contribution >= 4 is 45.7 Å². The van der Waals surface area contributed by atoms with Gasteiger partial charge in [-0.15, -0.1) is 13.2 Å². The highest BCUT2D eigenvalue weighted by atomic mass is 35.5. The summed E-state index contributed by atoms with van der Waals surface area (Å²) < 4.78 is 60.8. The number of halogens is 5. The molecule has 1 amide bonds. The van der Waals surface area contributed by atoms with Crippen LogP contribution in [-0.2, 0) is 19.4 Å². The number of hydrogen-bond acceptors (Lipinski definition) is 5. The zero-order valence-electron chi connectivity index (χ0n) is 15.3. The molecule has 0 atom stereocenters. The summed E-state index contributed by atoms with van der Waals surface area (Å²) in [6, 6.07) is 5.97. The summed E-state index contributed by atoms with van der Waals surface area (Å²) in [5, 5.41) is 0.296. The summed E-state index contributed by atoms with van der Waals surface area (Å²) in [6.07, 6.45) is -2.43. The van der Waals surface area contributed by atoms with E-state index in [4.69, 9.17) is 28.0 Å². The zero-order chi connectivity index (χ0) is 22.4. The lowest BCUT2D eigenvalue weighted by Crippen LogP contribution is -2.13. The van der Waals surface area contributed by atoms with E-state index in [1.807, 2.05) is 0 Å². The fourth-order valence-electron chi connectivity index (χ4n) is 1.42. The molecule has 0 radical (unpaired) electrons. The highest BCUT2D eigenvalue weighted by Crippen LogP contribution is 2.26. The molecule has 160 valence electrons. The van der Waals surface area contributed by atoms with E-state index in [1.54, 1.807) is 26.0 Å². The van der Waals surface area contributed by atoms with Crippen LogP contribution in [0.3, 0.4) is 0 Å². The monoisotopic (exact) mass is 464 g/mol. The second-order valence-corrected chi connectivity index (χ2v) is 7.49. The number of aliphatic imine (C=N–C) groups is 1. The van der Waals surface area contributed by atoms with Crippen LogP contribution in [0.2, 0.25) is 5.02 Å². The molecule has 0 aliphatic heterocycles. The van der Waals surface area contributed by atoms with Gasteiger partial charge in [-0.05, 0) is 38.5 Å². The molecule has 0 spiro atoms. The second-order valence-electron chi connectivity index (χ2n) is 4.62. The van der Waals surface area contributed by atoms with Crippen molar-refractivity contribution in [2.45, 2.75) is 38.4 Å². The number of ether oxygens (including phenoxy) is 1. The lowest BCUT2D eigenvalue weighted by atomic mass is 10.4. The smallest absolute Gasteiger partial charge is 0.372 e. The fourth-order valence-corrected chi connectivity index (χ4v) is 3.41. The summed E-state index contributed by atoms with van der Waals surface area (Å²) in [5.41, 5.74) is 4.17. The van der Waals surface area contributed by atoms with Crippen LogP contribution in [0.4, 0.5) is 13.2 Å². The minimum absolute atomic E-state index is 0.0746. The lowest BCUT2D eigenvalue weighted by molar-refractivity contribution is -0.324. The van der Waals surface area contributed by atoms with Crippen LogP contribution < -0.4 is 5.73 Å². The first kappa shape index (κ1) is 28.6. The topological polar surface area (TPSA) is 98.8 Å². The van der Waals surface area contributed by atoms with Crippen LogP contribution in [0.5, 0.6) is 0 Å². The molecule has 0 aliphatic rings. The van der Waals surface area contributed by atoms with Crippen molar-refractivity contribution in [1.29, 1.82) is 0 Å². The average Bonchev–Trinajstić information content (AvgIpc) is 2.58. The third kappa shape index (κ3) is 12.7. The number of alkyl halides is 3. The number of allylic oxidation sites excluding steroid dienone is 1. The van der Waals surface area contributed by atoms with Gasteiger partial charge in [0.25, 0.3) is 0 Å². The largest absolute Gasteiger partial charge is 0.522 e. The molecule has 1 aromatic carbocycles. The Kier molecular flexibility index (Phi) is 14.7. The molecule has 2 N–H and O–H groups in total. The molecule has 28 heavy (non-hydrogen) atoms. The Bertz CT molecular complexity index is 763. The zero-order valence-corrected chi connectivity index (χ0v) is 17.7. The number of primary amides is 1. The minimum atomic E-state index is -4.45. The van der Waals surface area contributed by atoms with Crippen molar-refractivity contribution < 1.29 is 31.1 Å². The molecule has 0 aliphatic carbocycles. The Morgan fingerprint density at radius 1 is 1.36 bits per heavy atom. The molecule has 0 fully saturated rings. The molecule has 0 aromatic heterocycles. The molecule has 0 saturated heterocycles. The third-order valence-electron chi connectivity index (χ3n) is 2.37. The first-order valence-electron chi connectivity index (χ1n) is 7.59. The summed E-state index contributed by atoms with van der Waals surface area (Å²) in [6.45, 7) is 4.47. The average molecular weight is 465 g/mol. The van der Waals surface area contributed by atoms with Gasteiger partial charge in [-0.3, -0.25) is 9.53 Å². The van der Waals surface area contributed by atoms with Gasteiger partial charge in [0.15, 0.2) is 5.03 Å². The number of hydrogen-bond donors (Lipinski definition) is 1. The Hall–Kier alpha value is -1.62. The fraction of sp³-hybridized carbons (Fsp3) is 0.375. The normalized spacial score (nSPS) is 12.3. The first-order chi connectivity index (χ1) is 12.9. The Balaban J connectivity index is 0. The maximum absolute atomic E-state index is 12.2. The van der Waals surface area contributed by atoms with Gasteiger partial charge in [-0.1, -0.05) is 36.2 Å². The van der Waals surface area contributed by atoms with E-state index in [-0.39, 0.29) is 28.0 Å². The summed E-state index contributed by atoms with van der Waals surface area (Å²) >= 11 is 11.5.